The molecular weight excluding hydrogens is 304 g/mol. The summed E-state index contributed by atoms with van der Waals surface area (Å²) in [6.45, 7) is -1.07. The normalized spacial score (nSPS) is 11.5. The molecule has 0 fully saturated rings. The number of sulfonamides is 1. The van der Waals surface area contributed by atoms with Crippen LogP contribution in [0.15, 0.2) is 29.2 Å². The predicted molar refractivity (Wildman–Crippen MR) is 71.4 cm³/mol. The van der Waals surface area contributed by atoms with Crippen molar-refractivity contribution >= 4 is 21.7 Å². The van der Waals surface area contributed by atoms with Crippen molar-refractivity contribution in [2.75, 3.05) is 26.8 Å². The van der Waals surface area contributed by atoms with E-state index < -0.39 is 38.0 Å². The van der Waals surface area contributed by atoms with Crippen molar-refractivity contribution in [2.24, 2.45) is 0 Å². The minimum Gasteiger partial charge on any atom is -0.480 e. The van der Waals surface area contributed by atoms with E-state index in [1.165, 1.54) is 19.2 Å². The van der Waals surface area contributed by atoms with Crippen molar-refractivity contribution in [3.8, 4) is 0 Å². The van der Waals surface area contributed by atoms with Gasteiger partial charge < -0.3 is 9.84 Å². The van der Waals surface area contributed by atoms with Gasteiger partial charge in [0.25, 0.3) is 15.7 Å². The van der Waals surface area contributed by atoms with Crippen molar-refractivity contribution in [2.45, 2.75) is 4.90 Å². The molecule has 21 heavy (non-hydrogen) atoms. The second-order valence-corrected chi connectivity index (χ2v) is 5.86. The summed E-state index contributed by atoms with van der Waals surface area (Å²) in [6, 6.07) is 4.76. The Morgan fingerprint density at radius 3 is 2.57 bits per heavy atom. The third kappa shape index (κ3) is 4.21. The molecule has 0 heterocycles. The van der Waals surface area contributed by atoms with Crippen LogP contribution in [0.4, 0.5) is 5.69 Å². The highest BCUT2D eigenvalue weighted by atomic mass is 32.2. The van der Waals surface area contributed by atoms with Gasteiger partial charge in [-0.2, -0.15) is 4.31 Å². The average molecular weight is 318 g/mol. The third-order valence-corrected chi connectivity index (χ3v) is 4.43. The Hall–Kier alpha value is -2.04. The van der Waals surface area contributed by atoms with Crippen LogP contribution in [-0.4, -0.2) is 55.5 Å². The molecule has 1 aromatic carbocycles. The number of carboxylic acids is 1. The number of ether oxygens (including phenoxy) is 1. The summed E-state index contributed by atoms with van der Waals surface area (Å²) >= 11 is 0. The summed E-state index contributed by atoms with van der Waals surface area (Å²) in [5.41, 5.74) is -0.606. The maximum Gasteiger partial charge on any atom is 0.318 e. The highest BCUT2D eigenvalue weighted by Gasteiger charge is 2.32. The summed E-state index contributed by atoms with van der Waals surface area (Å²) in [6.07, 6.45) is 0. The summed E-state index contributed by atoms with van der Waals surface area (Å²) in [7, 11) is -2.98. The van der Waals surface area contributed by atoms with Gasteiger partial charge in [0, 0.05) is 19.7 Å². The zero-order chi connectivity index (χ0) is 16.0. The Bertz CT molecular complexity index is 629. The van der Waals surface area contributed by atoms with Gasteiger partial charge in [-0.3, -0.25) is 14.9 Å². The molecule has 0 saturated heterocycles. The Morgan fingerprint density at radius 1 is 1.43 bits per heavy atom. The van der Waals surface area contributed by atoms with E-state index in [-0.39, 0.29) is 13.2 Å². The van der Waals surface area contributed by atoms with Crippen molar-refractivity contribution in [3.05, 3.63) is 34.4 Å². The van der Waals surface area contributed by atoms with Gasteiger partial charge >= 0.3 is 5.97 Å². The molecule has 1 aromatic rings. The molecule has 0 aliphatic rings. The summed E-state index contributed by atoms with van der Waals surface area (Å²) < 4.78 is 30.2. The van der Waals surface area contributed by atoms with Crippen LogP contribution in [0.25, 0.3) is 0 Å². The number of carboxylic acid groups (broad SMARTS) is 1. The zero-order valence-electron chi connectivity index (χ0n) is 11.1. The van der Waals surface area contributed by atoms with Gasteiger partial charge in [0.2, 0.25) is 0 Å². The van der Waals surface area contributed by atoms with E-state index in [2.05, 4.69) is 0 Å². The van der Waals surface area contributed by atoms with E-state index in [0.29, 0.717) is 4.31 Å². The van der Waals surface area contributed by atoms with E-state index in [1.54, 1.807) is 0 Å². The molecular formula is C11H14N2O7S. The molecule has 0 radical (unpaired) electrons. The zero-order valence-corrected chi connectivity index (χ0v) is 11.9. The van der Waals surface area contributed by atoms with Crippen LogP contribution < -0.4 is 0 Å². The van der Waals surface area contributed by atoms with Gasteiger partial charge in [-0.05, 0) is 6.07 Å². The van der Waals surface area contributed by atoms with Crippen molar-refractivity contribution < 1.29 is 28.0 Å². The first kappa shape index (κ1) is 17.0. The number of methoxy groups -OCH3 is 1. The van der Waals surface area contributed by atoms with Crippen LogP contribution in [0.1, 0.15) is 0 Å². The topological polar surface area (TPSA) is 127 Å². The quantitative estimate of drug-likeness (QED) is 0.540. The molecule has 9 nitrogen and oxygen atoms in total. The molecule has 0 aromatic heterocycles. The fourth-order valence-corrected chi connectivity index (χ4v) is 3.12. The highest BCUT2D eigenvalue weighted by Crippen LogP contribution is 2.26. The number of hydrogen-bond acceptors (Lipinski definition) is 6. The second-order valence-electron chi connectivity index (χ2n) is 3.95. The molecule has 0 atom stereocenters. The van der Waals surface area contributed by atoms with Gasteiger partial charge in [0.05, 0.1) is 11.5 Å². The third-order valence-electron chi connectivity index (χ3n) is 2.54. The SMILES string of the molecule is COCCN(CC(=O)O)S(=O)(=O)c1ccccc1[N+](=O)[O-]. The minimum absolute atomic E-state index is 0.0346. The van der Waals surface area contributed by atoms with Crippen LogP contribution in [0, 0.1) is 10.1 Å². The Labute approximate surface area is 120 Å². The minimum atomic E-state index is -4.31. The molecule has 10 heteroatoms. The first-order valence-electron chi connectivity index (χ1n) is 5.75. The van der Waals surface area contributed by atoms with E-state index in [4.69, 9.17) is 9.84 Å². The van der Waals surface area contributed by atoms with Gasteiger partial charge in [-0.15, -0.1) is 0 Å². The molecule has 116 valence electrons. The van der Waals surface area contributed by atoms with Crippen LogP contribution in [0.2, 0.25) is 0 Å². The first-order valence-corrected chi connectivity index (χ1v) is 7.19. The molecule has 1 rings (SSSR count). The smallest absolute Gasteiger partial charge is 0.318 e. The Balaban J connectivity index is 3.28. The maximum atomic E-state index is 12.4. The van der Waals surface area contributed by atoms with E-state index in [9.17, 15) is 23.3 Å². The van der Waals surface area contributed by atoms with Crippen molar-refractivity contribution in [1.82, 2.24) is 4.31 Å². The number of benzene rings is 1. The lowest BCUT2D eigenvalue weighted by atomic mass is 10.3. The molecule has 0 spiro atoms. The Morgan fingerprint density at radius 2 is 2.05 bits per heavy atom. The number of rotatable bonds is 8. The standard InChI is InChI=1S/C11H14N2O7S/c1-20-7-6-12(8-11(14)15)21(18,19)10-5-3-2-4-9(10)13(16)17/h2-5H,6-8H2,1H3,(H,14,15). The fourth-order valence-electron chi connectivity index (χ4n) is 1.59. The molecule has 0 bridgehead atoms. The van der Waals surface area contributed by atoms with Crippen molar-refractivity contribution in [3.63, 3.8) is 0 Å². The summed E-state index contributed by atoms with van der Waals surface area (Å²) in [5, 5.41) is 19.7. The number of nitrogens with zero attached hydrogens (tertiary/aromatic N) is 2. The monoisotopic (exact) mass is 318 g/mol. The molecule has 0 aliphatic heterocycles. The van der Waals surface area contributed by atoms with Gasteiger partial charge in [0.15, 0.2) is 4.90 Å². The molecule has 0 saturated carbocycles. The molecule has 0 unspecified atom stereocenters. The number of nitro groups is 1. The van der Waals surface area contributed by atoms with Crippen LogP contribution >= 0.6 is 0 Å². The van der Waals surface area contributed by atoms with Gasteiger partial charge in [-0.25, -0.2) is 8.42 Å². The van der Waals surface area contributed by atoms with Crippen LogP contribution in [0.5, 0.6) is 0 Å². The number of nitro benzene ring substituents is 1. The number of hydrogen-bond donors (Lipinski definition) is 1. The first-order chi connectivity index (χ1) is 9.80. The van der Waals surface area contributed by atoms with E-state index in [0.717, 1.165) is 12.1 Å². The molecule has 1 N–H and O–H groups in total. The largest absolute Gasteiger partial charge is 0.480 e. The second kappa shape index (κ2) is 7.11. The predicted octanol–water partition coefficient (Wildman–Crippen LogP) is 0.317. The van der Waals surface area contributed by atoms with Crippen LogP contribution in [0.3, 0.4) is 0 Å². The summed E-state index contributed by atoms with van der Waals surface area (Å²) in [4.78, 5) is 20.3. The lowest BCUT2D eigenvalue weighted by Gasteiger charge is -2.19. The van der Waals surface area contributed by atoms with Gasteiger partial charge in [0.1, 0.15) is 6.54 Å². The summed E-state index contributed by atoms with van der Waals surface area (Å²) in [5.74, 6) is -1.37. The Kier molecular flexibility index (Phi) is 5.76. The lowest BCUT2D eigenvalue weighted by Crippen LogP contribution is -2.38. The van der Waals surface area contributed by atoms with E-state index >= 15 is 0 Å². The molecule has 0 amide bonds. The number of aliphatic carboxylic acids is 1. The number of para-hydroxylation sites is 1. The fraction of sp³-hybridized carbons (Fsp3) is 0.364. The molecule has 0 aliphatic carbocycles. The maximum absolute atomic E-state index is 12.4. The number of carbonyl (C=O) groups is 1. The van der Waals surface area contributed by atoms with Crippen molar-refractivity contribution in [1.29, 1.82) is 0 Å². The average Bonchev–Trinajstić information content (AvgIpc) is 2.42. The van der Waals surface area contributed by atoms with Gasteiger partial charge in [-0.1, -0.05) is 12.1 Å². The van der Waals surface area contributed by atoms with Crippen LogP contribution in [-0.2, 0) is 19.6 Å². The highest BCUT2D eigenvalue weighted by molar-refractivity contribution is 7.89. The van der Waals surface area contributed by atoms with E-state index in [1.807, 2.05) is 0 Å². The lowest BCUT2D eigenvalue weighted by molar-refractivity contribution is -0.387.